The van der Waals surface area contributed by atoms with Crippen molar-refractivity contribution < 1.29 is 32.5 Å². The Hall–Kier alpha value is -3.56. The van der Waals surface area contributed by atoms with E-state index in [0.717, 1.165) is 5.56 Å². The third-order valence-corrected chi connectivity index (χ3v) is 6.42. The van der Waals surface area contributed by atoms with Gasteiger partial charge in [0.2, 0.25) is 5.75 Å². The lowest BCUT2D eigenvalue weighted by Crippen LogP contribution is -2.13. The Morgan fingerprint density at radius 3 is 1.91 bits per heavy atom. The van der Waals surface area contributed by atoms with E-state index in [1.807, 2.05) is 0 Å². The van der Waals surface area contributed by atoms with E-state index in [1.54, 1.807) is 36.4 Å². The minimum Gasteiger partial charge on any atom is -0.503 e. The molecule has 180 valence electrons. The van der Waals surface area contributed by atoms with Crippen LogP contribution >= 0.6 is 11.6 Å². The first kappa shape index (κ1) is 25.1. The van der Waals surface area contributed by atoms with Crippen molar-refractivity contribution in [2.75, 3.05) is 33.2 Å². The fraction of sp³-hybridized carbons (Fsp3) is 0.167. The van der Waals surface area contributed by atoms with Crippen LogP contribution in [0.3, 0.4) is 0 Å². The summed E-state index contributed by atoms with van der Waals surface area (Å²) in [4.78, 5) is -0.0447. The zero-order valence-electron chi connectivity index (χ0n) is 19.0. The first-order valence-electron chi connectivity index (χ1n) is 9.90. The number of phenolic OH excluding ortho intramolecular Hbond substituents is 1. The van der Waals surface area contributed by atoms with Gasteiger partial charge in [-0.05, 0) is 53.6 Å². The molecule has 0 aliphatic carbocycles. The maximum absolute atomic E-state index is 12.8. The maximum atomic E-state index is 12.8. The summed E-state index contributed by atoms with van der Waals surface area (Å²) in [5.74, 6) is 1.18. The van der Waals surface area contributed by atoms with Crippen LogP contribution in [-0.4, -0.2) is 42.0 Å². The van der Waals surface area contributed by atoms with Gasteiger partial charge in [-0.2, -0.15) is 0 Å². The Balaban J connectivity index is 2.00. The summed E-state index contributed by atoms with van der Waals surface area (Å²) in [7, 11) is 1.92. The molecule has 8 nitrogen and oxygen atoms in total. The first-order chi connectivity index (χ1) is 16.2. The molecule has 0 bridgehead atoms. The van der Waals surface area contributed by atoms with Gasteiger partial charge in [0.25, 0.3) is 10.0 Å². The van der Waals surface area contributed by atoms with Crippen LogP contribution in [0.15, 0.2) is 53.4 Å². The van der Waals surface area contributed by atoms with E-state index >= 15 is 0 Å². The number of benzene rings is 3. The Labute approximate surface area is 203 Å². The van der Waals surface area contributed by atoms with E-state index in [0.29, 0.717) is 22.8 Å². The molecule has 0 saturated heterocycles. The van der Waals surface area contributed by atoms with Crippen LogP contribution in [0.4, 0.5) is 5.69 Å². The molecular formula is C24H24ClNO7S. The van der Waals surface area contributed by atoms with Crippen molar-refractivity contribution in [3.8, 4) is 28.7 Å². The highest BCUT2D eigenvalue weighted by atomic mass is 35.5. The fourth-order valence-electron chi connectivity index (χ4n) is 3.19. The smallest absolute Gasteiger partial charge is 0.262 e. The third-order valence-electron chi connectivity index (χ3n) is 4.82. The van der Waals surface area contributed by atoms with E-state index < -0.39 is 10.0 Å². The van der Waals surface area contributed by atoms with Crippen molar-refractivity contribution in [1.82, 2.24) is 0 Å². The van der Waals surface area contributed by atoms with Crippen LogP contribution in [0.25, 0.3) is 12.2 Å². The summed E-state index contributed by atoms with van der Waals surface area (Å²) in [5, 5.41) is 10.8. The fourth-order valence-corrected chi connectivity index (χ4v) is 4.54. The molecule has 0 saturated carbocycles. The molecule has 0 aliphatic rings. The molecule has 0 unspecified atom stereocenters. The number of hydrogen-bond donors (Lipinski definition) is 2. The van der Waals surface area contributed by atoms with Crippen molar-refractivity contribution in [3.05, 3.63) is 64.7 Å². The standard InChI is InChI=1S/C24H24ClNO7S/c1-30-20-11-15(8-9-16-12-21(31-2)24(33-4)22(13-16)32-3)10-19(23(20)27)26-34(28,29)18-7-5-6-17(25)14-18/h5-14,26-27H,1-4H3/b9-8-. The predicted molar refractivity (Wildman–Crippen MR) is 132 cm³/mol. The summed E-state index contributed by atoms with van der Waals surface area (Å²) in [6, 6.07) is 12.4. The molecule has 3 aromatic rings. The second-order valence-corrected chi connectivity index (χ2v) is 9.09. The van der Waals surface area contributed by atoms with E-state index in [4.69, 9.17) is 30.5 Å². The molecule has 0 atom stereocenters. The van der Waals surface area contributed by atoms with Crippen LogP contribution in [0.2, 0.25) is 5.02 Å². The average Bonchev–Trinajstić information content (AvgIpc) is 2.83. The number of ether oxygens (including phenoxy) is 4. The van der Waals surface area contributed by atoms with Gasteiger partial charge in [0, 0.05) is 5.02 Å². The first-order valence-corrected chi connectivity index (χ1v) is 11.8. The van der Waals surface area contributed by atoms with Crippen LogP contribution in [0.1, 0.15) is 11.1 Å². The molecule has 0 aliphatic heterocycles. The van der Waals surface area contributed by atoms with Gasteiger partial charge < -0.3 is 24.1 Å². The maximum Gasteiger partial charge on any atom is 0.262 e. The normalized spacial score (nSPS) is 11.3. The molecule has 3 rings (SSSR count). The van der Waals surface area contributed by atoms with Crippen LogP contribution in [-0.2, 0) is 10.0 Å². The summed E-state index contributed by atoms with van der Waals surface area (Å²) < 4.78 is 49.3. The molecular weight excluding hydrogens is 482 g/mol. The van der Waals surface area contributed by atoms with Crippen molar-refractivity contribution in [1.29, 1.82) is 0 Å². The number of sulfonamides is 1. The number of nitrogens with one attached hydrogen (secondary N) is 1. The molecule has 0 heterocycles. The summed E-state index contributed by atoms with van der Waals surface area (Å²) >= 11 is 5.92. The Bertz CT molecular complexity index is 1300. The van der Waals surface area contributed by atoms with Gasteiger partial charge in [0.05, 0.1) is 39.0 Å². The number of aromatic hydroxyl groups is 1. The summed E-state index contributed by atoms with van der Waals surface area (Å²) in [6.07, 6.45) is 3.49. The number of rotatable bonds is 9. The lowest BCUT2D eigenvalue weighted by Gasteiger charge is -2.14. The SMILES string of the molecule is COc1cc(/C=C\c2cc(OC)c(OC)c(OC)c2)cc(NS(=O)(=O)c2cccc(Cl)c2)c1O. The molecule has 0 fully saturated rings. The monoisotopic (exact) mass is 505 g/mol. The molecule has 0 spiro atoms. The van der Waals surface area contributed by atoms with Crippen molar-refractivity contribution in [3.63, 3.8) is 0 Å². The third kappa shape index (κ3) is 5.49. The van der Waals surface area contributed by atoms with Gasteiger partial charge in [0.1, 0.15) is 0 Å². The zero-order chi connectivity index (χ0) is 24.9. The van der Waals surface area contributed by atoms with E-state index in [9.17, 15) is 13.5 Å². The quantitative estimate of drug-likeness (QED) is 0.310. The van der Waals surface area contributed by atoms with Crippen molar-refractivity contribution in [2.45, 2.75) is 4.90 Å². The second-order valence-electron chi connectivity index (χ2n) is 6.97. The zero-order valence-corrected chi connectivity index (χ0v) is 20.5. The van der Waals surface area contributed by atoms with Gasteiger partial charge in [-0.15, -0.1) is 0 Å². The largest absolute Gasteiger partial charge is 0.503 e. The lowest BCUT2D eigenvalue weighted by atomic mass is 10.1. The van der Waals surface area contributed by atoms with Crippen molar-refractivity contribution in [2.24, 2.45) is 0 Å². The highest BCUT2D eigenvalue weighted by Gasteiger charge is 2.19. The van der Waals surface area contributed by atoms with Gasteiger partial charge >= 0.3 is 0 Å². The molecule has 3 aromatic carbocycles. The second kappa shape index (κ2) is 10.6. The van der Waals surface area contributed by atoms with Gasteiger partial charge in [-0.3, -0.25) is 4.72 Å². The van der Waals surface area contributed by atoms with E-state index in [2.05, 4.69) is 4.72 Å². The number of anilines is 1. The van der Waals surface area contributed by atoms with E-state index in [1.165, 1.54) is 52.7 Å². The summed E-state index contributed by atoms with van der Waals surface area (Å²) in [6.45, 7) is 0. The van der Waals surface area contributed by atoms with Crippen LogP contribution in [0.5, 0.6) is 28.7 Å². The highest BCUT2D eigenvalue weighted by Crippen LogP contribution is 2.40. The minimum absolute atomic E-state index is 0.0447. The average molecular weight is 506 g/mol. The number of halogens is 1. The molecule has 0 radical (unpaired) electrons. The van der Waals surface area contributed by atoms with E-state index in [-0.39, 0.29) is 27.1 Å². The Morgan fingerprint density at radius 1 is 0.824 bits per heavy atom. The molecule has 34 heavy (non-hydrogen) atoms. The molecule has 2 N–H and O–H groups in total. The van der Waals surface area contributed by atoms with Crippen molar-refractivity contribution >= 4 is 39.5 Å². The van der Waals surface area contributed by atoms with Crippen LogP contribution in [0, 0.1) is 0 Å². The molecule has 0 aromatic heterocycles. The van der Waals surface area contributed by atoms with Gasteiger partial charge in [-0.1, -0.05) is 29.8 Å². The lowest BCUT2D eigenvalue weighted by molar-refractivity contribution is 0.324. The Kier molecular flexibility index (Phi) is 7.80. The van der Waals surface area contributed by atoms with Crippen LogP contribution < -0.4 is 23.7 Å². The Morgan fingerprint density at radius 2 is 1.38 bits per heavy atom. The topological polar surface area (TPSA) is 103 Å². The highest BCUT2D eigenvalue weighted by molar-refractivity contribution is 7.92. The number of hydrogen-bond acceptors (Lipinski definition) is 7. The minimum atomic E-state index is -4.01. The van der Waals surface area contributed by atoms with Gasteiger partial charge in [0.15, 0.2) is 23.0 Å². The summed E-state index contributed by atoms with van der Waals surface area (Å²) in [5.41, 5.74) is 1.25. The molecule has 10 heteroatoms. The molecule has 0 amide bonds. The predicted octanol–water partition coefficient (Wildman–Crippen LogP) is 5.05. The number of methoxy groups -OCH3 is 4. The van der Waals surface area contributed by atoms with Gasteiger partial charge in [-0.25, -0.2) is 8.42 Å². The number of phenols is 1.